The van der Waals surface area contributed by atoms with Crippen molar-refractivity contribution in [2.24, 2.45) is 5.73 Å². The van der Waals surface area contributed by atoms with E-state index in [2.05, 4.69) is 28.7 Å². The second kappa shape index (κ2) is 8.46. The lowest BCUT2D eigenvalue weighted by Gasteiger charge is -2.18. The first-order valence-electron chi connectivity index (χ1n) is 7.74. The lowest BCUT2D eigenvalue weighted by molar-refractivity contribution is 0.222. The smallest absolute Gasteiger partial charge is 0.123 e. The van der Waals surface area contributed by atoms with Gasteiger partial charge in [0.05, 0.1) is 17.1 Å². The maximum atomic E-state index is 5.88. The summed E-state index contributed by atoms with van der Waals surface area (Å²) in [4.78, 5) is 11.2. The van der Waals surface area contributed by atoms with Crippen molar-refractivity contribution in [1.82, 2.24) is 14.9 Å². The molecule has 0 atom stereocenters. The summed E-state index contributed by atoms with van der Waals surface area (Å²) in [6.07, 6.45) is 1.76. The highest BCUT2D eigenvalue weighted by Gasteiger charge is 2.07. The summed E-state index contributed by atoms with van der Waals surface area (Å²) in [5.41, 5.74) is 8.16. The number of aromatic nitrogens is 2. The van der Waals surface area contributed by atoms with Gasteiger partial charge in [-0.3, -0.25) is 4.98 Å². The van der Waals surface area contributed by atoms with E-state index in [1.165, 1.54) is 0 Å². The summed E-state index contributed by atoms with van der Waals surface area (Å²) in [5, 5.41) is 0. The Hall–Kier alpha value is -1.98. The fourth-order valence-electron chi connectivity index (χ4n) is 2.23. The van der Waals surface area contributed by atoms with Gasteiger partial charge in [0.25, 0.3) is 0 Å². The molecule has 0 amide bonds. The molecule has 0 aliphatic rings. The standard InChI is InChI=1S/C17H24N4O/c1-3-21(4-2)9-10-22-15-11-14(13-18)20-17(12-15)16-7-5-6-8-19-16/h5-8,11-12H,3-4,9-10,13,18H2,1-2H3. The molecule has 0 fully saturated rings. The Labute approximate surface area is 132 Å². The number of hydrogen-bond donors (Lipinski definition) is 1. The molecule has 0 spiro atoms. The summed E-state index contributed by atoms with van der Waals surface area (Å²) in [5.74, 6) is 0.795. The van der Waals surface area contributed by atoms with Crippen LogP contribution in [0.2, 0.25) is 0 Å². The van der Waals surface area contributed by atoms with Gasteiger partial charge in [0, 0.05) is 31.4 Å². The quantitative estimate of drug-likeness (QED) is 0.810. The molecule has 2 aromatic rings. The van der Waals surface area contributed by atoms with E-state index in [4.69, 9.17) is 10.5 Å². The highest BCUT2D eigenvalue weighted by Crippen LogP contribution is 2.21. The predicted octanol–water partition coefficient (Wildman–Crippen LogP) is 2.32. The van der Waals surface area contributed by atoms with Crippen LogP contribution >= 0.6 is 0 Å². The first-order valence-corrected chi connectivity index (χ1v) is 7.74. The molecular formula is C17H24N4O. The van der Waals surface area contributed by atoms with Gasteiger partial charge < -0.3 is 15.4 Å². The third-order valence-corrected chi connectivity index (χ3v) is 3.56. The van der Waals surface area contributed by atoms with E-state index in [9.17, 15) is 0 Å². The first kappa shape index (κ1) is 16.4. The second-order valence-electron chi connectivity index (χ2n) is 4.97. The predicted molar refractivity (Wildman–Crippen MR) is 88.6 cm³/mol. The fraction of sp³-hybridized carbons (Fsp3) is 0.412. The van der Waals surface area contributed by atoms with E-state index in [1.54, 1.807) is 6.20 Å². The lowest BCUT2D eigenvalue weighted by atomic mass is 10.2. The lowest BCUT2D eigenvalue weighted by Crippen LogP contribution is -2.27. The Morgan fingerprint density at radius 2 is 1.95 bits per heavy atom. The molecular weight excluding hydrogens is 276 g/mol. The van der Waals surface area contributed by atoms with Crippen molar-refractivity contribution in [3.05, 3.63) is 42.2 Å². The molecule has 2 aromatic heterocycles. The summed E-state index contributed by atoms with van der Waals surface area (Å²) in [6, 6.07) is 9.58. The summed E-state index contributed by atoms with van der Waals surface area (Å²) >= 11 is 0. The number of ether oxygens (including phenoxy) is 1. The number of nitrogens with two attached hydrogens (primary N) is 1. The average Bonchev–Trinajstić information content (AvgIpc) is 2.59. The van der Waals surface area contributed by atoms with Crippen molar-refractivity contribution in [3.63, 3.8) is 0 Å². The van der Waals surface area contributed by atoms with Crippen LogP contribution in [-0.4, -0.2) is 41.1 Å². The normalized spacial score (nSPS) is 10.9. The minimum absolute atomic E-state index is 0.382. The minimum atomic E-state index is 0.382. The van der Waals surface area contributed by atoms with Crippen LogP contribution in [0, 0.1) is 0 Å². The van der Waals surface area contributed by atoms with Crippen LogP contribution in [0.1, 0.15) is 19.5 Å². The summed E-state index contributed by atoms with van der Waals surface area (Å²) < 4.78 is 5.88. The Morgan fingerprint density at radius 3 is 2.59 bits per heavy atom. The molecule has 22 heavy (non-hydrogen) atoms. The largest absolute Gasteiger partial charge is 0.492 e. The monoisotopic (exact) mass is 300 g/mol. The highest BCUT2D eigenvalue weighted by molar-refractivity contribution is 5.56. The molecule has 0 aromatic carbocycles. The van der Waals surface area contributed by atoms with Crippen molar-refractivity contribution >= 4 is 0 Å². The zero-order valence-electron chi connectivity index (χ0n) is 13.3. The van der Waals surface area contributed by atoms with Crippen LogP contribution < -0.4 is 10.5 Å². The molecule has 2 N–H and O–H groups in total. The first-order chi connectivity index (χ1) is 10.8. The topological polar surface area (TPSA) is 64.3 Å². The zero-order chi connectivity index (χ0) is 15.8. The van der Waals surface area contributed by atoms with Gasteiger partial charge >= 0.3 is 0 Å². The molecule has 0 saturated carbocycles. The van der Waals surface area contributed by atoms with E-state index >= 15 is 0 Å². The SMILES string of the molecule is CCN(CC)CCOc1cc(CN)nc(-c2ccccn2)c1. The Kier molecular flexibility index (Phi) is 6.30. The van der Waals surface area contributed by atoms with Crippen molar-refractivity contribution in [2.75, 3.05) is 26.2 Å². The summed E-state index contributed by atoms with van der Waals surface area (Å²) in [6.45, 7) is 8.31. The number of likely N-dealkylation sites (N-methyl/N-ethyl adjacent to an activating group) is 1. The van der Waals surface area contributed by atoms with E-state index in [0.717, 1.165) is 42.5 Å². The molecule has 0 unspecified atom stereocenters. The number of hydrogen-bond acceptors (Lipinski definition) is 5. The molecule has 0 bridgehead atoms. The third-order valence-electron chi connectivity index (χ3n) is 3.56. The van der Waals surface area contributed by atoms with Crippen LogP contribution in [0.3, 0.4) is 0 Å². The molecule has 2 rings (SSSR count). The van der Waals surface area contributed by atoms with Gasteiger partial charge in [-0.1, -0.05) is 19.9 Å². The molecule has 118 valence electrons. The van der Waals surface area contributed by atoms with E-state index in [-0.39, 0.29) is 0 Å². The Balaban J connectivity index is 2.11. The van der Waals surface area contributed by atoms with Gasteiger partial charge in [0.2, 0.25) is 0 Å². The van der Waals surface area contributed by atoms with E-state index < -0.39 is 0 Å². The van der Waals surface area contributed by atoms with Gasteiger partial charge in [-0.15, -0.1) is 0 Å². The second-order valence-corrected chi connectivity index (χ2v) is 4.97. The van der Waals surface area contributed by atoms with Gasteiger partial charge in [-0.25, -0.2) is 4.98 Å². The molecule has 2 heterocycles. The van der Waals surface area contributed by atoms with Gasteiger partial charge in [-0.2, -0.15) is 0 Å². The van der Waals surface area contributed by atoms with Gasteiger partial charge in [0.15, 0.2) is 0 Å². The minimum Gasteiger partial charge on any atom is -0.492 e. The summed E-state index contributed by atoms with van der Waals surface area (Å²) in [7, 11) is 0. The van der Waals surface area contributed by atoms with Crippen LogP contribution in [-0.2, 0) is 6.54 Å². The maximum absolute atomic E-state index is 5.88. The van der Waals surface area contributed by atoms with Crippen LogP contribution in [0.5, 0.6) is 5.75 Å². The molecule has 5 nitrogen and oxygen atoms in total. The molecule has 5 heteroatoms. The highest BCUT2D eigenvalue weighted by atomic mass is 16.5. The van der Waals surface area contributed by atoms with Crippen molar-refractivity contribution in [3.8, 4) is 17.1 Å². The van der Waals surface area contributed by atoms with Crippen molar-refractivity contribution in [2.45, 2.75) is 20.4 Å². The molecule has 0 aliphatic heterocycles. The van der Waals surface area contributed by atoms with Gasteiger partial charge in [-0.05, 0) is 25.2 Å². The number of nitrogens with zero attached hydrogens (tertiary/aromatic N) is 3. The Morgan fingerprint density at radius 1 is 1.14 bits per heavy atom. The van der Waals surface area contributed by atoms with Crippen LogP contribution in [0.15, 0.2) is 36.5 Å². The number of rotatable bonds is 8. The average molecular weight is 300 g/mol. The van der Waals surface area contributed by atoms with E-state index in [1.807, 2.05) is 30.3 Å². The van der Waals surface area contributed by atoms with E-state index in [0.29, 0.717) is 13.2 Å². The van der Waals surface area contributed by atoms with Crippen molar-refractivity contribution < 1.29 is 4.74 Å². The Bertz CT molecular complexity index is 570. The number of pyridine rings is 2. The van der Waals surface area contributed by atoms with Gasteiger partial charge in [0.1, 0.15) is 12.4 Å². The van der Waals surface area contributed by atoms with Crippen molar-refractivity contribution in [1.29, 1.82) is 0 Å². The third kappa shape index (κ3) is 4.51. The molecule has 0 radical (unpaired) electrons. The maximum Gasteiger partial charge on any atom is 0.123 e. The molecule has 0 saturated heterocycles. The fourth-order valence-corrected chi connectivity index (χ4v) is 2.23. The zero-order valence-corrected chi connectivity index (χ0v) is 13.3. The molecule has 0 aliphatic carbocycles. The van der Waals surface area contributed by atoms with Crippen LogP contribution in [0.4, 0.5) is 0 Å². The van der Waals surface area contributed by atoms with Crippen LogP contribution in [0.25, 0.3) is 11.4 Å².